The van der Waals surface area contributed by atoms with E-state index in [1.165, 1.54) is 5.56 Å². The average molecular weight is 413 g/mol. The van der Waals surface area contributed by atoms with E-state index >= 15 is 0 Å². The van der Waals surface area contributed by atoms with Crippen LogP contribution in [-0.2, 0) is 15.2 Å². The van der Waals surface area contributed by atoms with Crippen LogP contribution in [0.25, 0.3) is 0 Å². The number of hydrogen-bond donors (Lipinski definition) is 0. The van der Waals surface area contributed by atoms with Gasteiger partial charge < -0.3 is 19.2 Å². The van der Waals surface area contributed by atoms with Crippen molar-refractivity contribution in [2.75, 3.05) is 32.3 Å². The third-order valence-corrected chi connectivity index (χ3v) is 5.88. The molecule has 0 bridgehead atoms. The van der Waals surface area contributed by atoms with Gasteiger partial charge in [-0.25, -0.2) is 0 Å². The first-order valence-corrected chi connectivity index (χ1v) is 10.7. The zero-order valence-electron chi connectivity index (χ0n) is 17.0. The standard InChI is InChI=1S/C23H28N2O3S/c1-18(26-3)25(2)21-7-4-6-20(14-21)17-29-23-9-5-8-22(15-23)28-24-16-19-10-12-27-13-11-19/h4-9,14-16,19H,1,10-13,17H2,2-3H3/b24-16-. The maximum absolute atomic E-state index is 5.58. The smallest absolute Gasteiger partial charge is 0.185 e. The number of ether oxygens (including phenoxy) is 2. The van der Waals surface area contributed by atoms with Crippen LogP contribution >= 0.6 is 11.8 Å². The number of oxime groups is 1. The van der Waals surface area contributed by atoms with Crippen molar-refractivity contribution >= 4 is 23.7 Å². The van der Waals surface area contributed by atoms with E-state index in [1.807, 2.05) is 42.4 Å². The Kier molecular flexibility index (Phi) is 8.02. The molecule has 6 heteroatoms. The lowest BCUT2D eigenvalue weighted by Crippen LogP contribution is -2.16. The topological polar surface area (TPSA) is 43.3 Å². The predicted molar refractivity (Wildman–Crippen MR) is 120 cm³/mol. The van der Waals surface area contributed by atoms with E-state index in [4.69, 9.17) is 14.3 Å². The quantitative estimate of drug-likeness (QED) is 0.241. The first-order chi connectivity index (χ1) is 14.2. The lowest BCUT2D eigenvalue weighted by Gasteiger charge is -2.20. The average Bonchev–Trinajstić information content (AvgIpc) is 2.78. The van der Waals surface area contributed by atoms with Crippen molar-refractivity contribution in [3.8, 4) is 5.75 Å². The Morgan fingerprint density at radius 1 is 1.24 bits per heavy atom. The second-order valence-corrected chi connectivity index (χ2v) is 7.93. The molecule has 1 aliphatic rings. The number of methoxy groups -OCH3 is 1. The van der Waals surface area contributed by atoms with Gasteiger partial charge in [-0.1, -0.05) is 23.4 Å². The van der Waals surface area contributed by atoms with Crippen LogP contribution in [0.5, 0.6) is 5.75 Å². The molecule has 0 unspecified atom stereocenters. The molecule has 1 saturated heterocycles. The molecular formula is C23H28N2O3S. The molecule has 0 aromatic heterocycles. The molecular weight excluding hydrogens is 384 g/mol. The summed E-state index contributed by atoms with van der Waals surface area (Å²) in [6.45, 7) is 5.51. The molecule has 0 amide bonds. The van der Waals surface area contributed by atoms with Crippen LogP contribution in [0.3, 0.4) is 0 Å². The largest absolute Gasteiger partial charge is 0.483 e. The molecule has 0 atom stereocenters. The van der Waals surface area contributed by atoms with E-state index in [9.17, 15) is 0 Å². The molecule has 2 aromatic carbocycles. The van der Waals surface area contributed by atoms with Crippen LogP contribution in [0.15, 0.2) is 71.0 Å². The van der Waals surface area contributed by atoms with Crippen molar-refractivity contribution in [3.63, 3.8) is 0 Å². The minimum Gasteiger partial charge on any atom is -0.483 e. The summed E-state index contributed by atoms with van der Waals surface area (Å²) in [6, 6.07) is 16.4. The van der Waals surface area contributed by atoms with Crippen molar-refractivity contribution in [1.82, 2.24) is 0 Å². The number of hydrogen-bond acceptors (Lipinski definition) is 6. The lowest BCUT2D eigenvalue weighted by atomic mass is 10.0. The number of nitrogens with zero attached hydrogens (tertiary/aromatic N) is 2. The third kappa shape index (κ3) is 6.54. The van der Waals surface area contributed by atoms with E-state index < -0.39 is 0 Å². The SMILES string of the molecule is C=C(OC)N(C)c1cccc(CSc2cccc(O/N=C\C3CCOCC3)c2)c1. The van der Waals surface area contributed by atoms with E-state index in [0.29, 0.717) is 11.8 Å². The Labute approximate surface area is 177 Å². The Hall–Kier alpha value is -2.44. The Morgan fingerprint density at radius 2 is 2.03 bits per heavy atom. The maximum Gasteiger partial charge on any atom is 0.185 e. The highest BCUT2D eigenvalue weighted by molar-refractivity contribution is 7.98. The molecule has 1 fully saturated rings. The molecule has 0 saturated carbocycles. The second-order valence-electron chi connectivity index (χ2n) is 6.89. The Balaban J connectivity index is 1.55. The van der Waals surface area contributed by atoms with Gasteiger partial charge in [-0.2, -0.15) is 0 Å². The van der Waals surface area contributed by atoms with Crippen molar-refractivity contribution in [2.45, 2.75) is 23.5 Å². The summed E-state index contributed by atoms with van der Waals surface area (Å²) in [5.41, 5.74) is 2.28. The first kappa shape index (κ1) is 21.3. The van der Waals surface area contributed by atoms with Crippen molar-refractivity contribution in [1.29, 1.82) is 0 Å². The fraction of sp³-hybridized carbons (Fsp3) is 0.348. The van der Waals surface area contributed by atoms with Crippen LogP contribution in [0, 0.1) is 5.92 Å². The highest BCUT2D eigenvalue weighted by Crippen LogP contribution is 2.28. The molecule has 0 spiro atoms. The second kappa shape index (κ2) is 10.9. The summed E-state index contributed by atoms with van der Waals surface area (Å²) in [4.78, 5) is 8.65. The van der Waals surface area contributed by atoms with Gasteiger partial charge in [0.25, 0.3) is 0 Å². The summed E-state index contributed by atoms with van der Waals surface area (Å²) >= 11 is 1.76. The molecule has 0 aliphatic carbocycles. The minimum absolute atomic E-state index is 0.445. The fourth-order valence-electron chi connectivity index (χ4n) is 2.97. The molecule has 2 aromatic rings. The van der Waals surface area contributed by atoms with Crippen LogP contribution in [-0.4, -0.2) is 33.6 Å². The van der Waals surface area contributed by atoms with Crippen LogP contribution in [0.1, 0.15) is 18.4 Å². The molecule has 0 N–H and O–H groups in total. The molecule has 5 nitrogen and oxygen atoms in total. The summed E-state index contributed by atoms with van der Waals surface area (Å²) in [5, 5.41) is 4.16. The van der Waals surface area contributed by atoms with Gasteiger partial charge >= 0.3 is 0 Å². The van der Waals surface area contributed by atoms with E-state index in [0.717, 1.165) is 48.1 Å². The summed E-state index contributed by atoms with van der Waals surface area (Å²) in [5.74, 6) is 2.67. The highest BCUT2D eigenvalue weighted by Gasteiger charge is 2.11. The number of anilines is 1. The molecule has 29 heavy (non-hydrogen) atoms. The van der Waals surface area contributed by atoms with Gasteiger partial charge in [-0.05, 0) is 55.3 Å². The van der Waals surface area contributed by atoms with Crippen molar-refractivity contribution < 1.29 is 14.3 Å². The fourth-order valence-corrected chi connectivity index (χ4v) is 3.85. The van der Waals surface area contributed by atoms with Gasteiger partial charge in [0.2, 0.25) is 0 Å². The van der Waals surface area contributed by atoms with Gasteiger partial charge in [-0.3, -0.25) is 0 Å². The molecule has 1 heterocycles. The predicted octanol–water partition coefficient (Wildman–Crippen LogP) is 5.32. The lowest BCUT2D eigenvalue weighted by molar-refractivity contribution is 0.0833. The minimum atomic E-state index is 0.445. The Morgan fingerprint density at radius 3 is 2.83 bits per heavy atom. The zero-order valence-corrected chi connectivity index (χ0v) is 17.9. The van der Waals surface area contributed by atoms with Gasteiger partial charge in [0.05, 0.1) is 7.11 Å². The van der Waals surface area contributed by atoms with Crippen LogP contribution in [0.2, 0.25) is 0 Å². The first-order valence-electron chi connectivity index (χ1n) is 9.72. The zero-order chi connectivity index (χ0) is 20.5. The van der Waals surface area contributed by atoms with E-state index in [2.05, 4.69) is 36.0 Å². The maximum atomic E-state index is 5.58. The molecule has 3 rings (SSSR count). The van der Waals surface area contributed by atoms with Crippen molar-refractivity contribution in [3.05, 3.63) is 66.6 Å². The Bertz CT molecular complexity index is 834. The highest BCUT2D eigenvalue weighted by atomic mass is 32.2. The van der Waals surface area contributed by atoms with Gasteiger partial charge in [-0.15, -0.1) is 11.8 Å². The van der Waals surface area contributed by atoms with Gasteiger partial charge in [0.1, 0.15) is 0 Å². The molecule has 0 radical (unpaired) electrons. The van der Waals surface area contributed by atoms with E-state index in [1.54, 1.807) is 18.9 Å². The summed E-state index contributed by atoms with van der Waals surface area (Å²) in [7, 11) is 3.57. The number of thioether (sulfide) groups is 1. The van der Waals surface area contributed by atoms with Crippen LogP contribution < -0.4 is 9.74 Å². The van der Waals surface area contributed by atoms with E-state index in [-0.39, 0.29) is 0 Å². The van der Waals surface area contributed by atoms with Crippen molar-refractivity contribution in [2.24, 2.45) is 11.1 Å². The number of rotatable bonds is 9. The third-order valence-electron chi connectivity index (χ3n) is 4.81. The number of benzene rings is 2. The summed E-state index contributed by atoms with van der Waals surface area (Å²) in [6.07, 6.45) is 3.92. The molecule has 154 valence electrons. The summed E-state index contributed by atoms with van der Waals surface area (Å²) < 4.78 is 10.6. The van der Waals surface area contributed by atoms with Gasteiger partial charge in [0.15, 0.2) is 11.6 Å². The normalized spacial score (nSPS) is 14.7. The monoisotopic (exact) mass is 412 g/mol. The van der Waals surface area contributed by atoms with Crippen LogP contribution in [0.4, 0.5) is 5.69 Å². The van der Waals surface area contributed by atoms with Gasteiger partial charge in [0, 0.05) is 48.7 Å². The molecule has 1 aliphatic heterocycles.